The fraction of sp³-hybridized carbons (Fsp3) is 0.636. The quantitative estimate of drug-likeness (QED) is 0.452. The van der Waals surface area contributed by atoms with Crippen LogP contribution in [-0.2, 0) is 4.74 Å². The largest absolute Gasteiger partial charge is 0.501 e. The van der Waals surface area contributed by atoms with Crippen LogP contribution >= 0.6 is 0 Å². The van der Waals surface area contributed by atoms with E-state index in [1.807, 2.05) is 0 Å². The maximum atomic E-state index is 5.17. The number of hydrogen-bond acceptors (Lipinski definition) is 1. The van der Waals surface area contributed by atoms with Gasteiger partial charge in [0.25, 0.3) is 0 Å². The Morgan fingerprint density at radius 3 is 2.83 bits per heavy atom. The Labute approximate surface area is 75.1 Å². The summed E-state index contributed by atoms with van der Waals surface area (Å²) in [6, 6.07) is 0. The number of ether oxygens (including phenoxy) is 1. The maximum Gasteiger partial charge on any atom is 0.0920 e. The first-order valence-electron chi connectivity index (χ1n) is 4.55. The van der Waals surface area contributed by atoms with Crippen molar-refractivity contribution in [3.05, 3.63) is 24.0 Å². The van der Waals surface area contributed by atoms with Crippen molar-refractivity contribution in [1.29, 1.82) is 0 Å². The van der Waals surface area contributed by atoms with Gasteiger partial charge in [0.05, 0.1) is 12.9 Å². The maximum absolute atomic E-state index is 5.17. The first-order chi connectivity index (χ1) is 5.65. The highest BCUT2D eigenvalue weighted by Gasteiger charge is 2.22. The Bertz CT molecular complexity index is 203. The highest BCUT2D eigenvalue weighted by molar-refractivity contribution is 5.11. The zero-order valence-electron chi connectivity index (χ0n) is 8.26. The lowest BCUT2D eigenvalue weighted by Crippen LogP contribution is -2.17. The fourth-order valence-electron chi connectivity index (χ4n) is 1.90. The Balaban J connectivity index is 2.64. The minimum absolute atomic E-state index is 0.527. The van der Waals surface area contributed by atoms with Gasteiger partial charge in [-0.25, -0.2) is 0 Å². The van der Waals surface area contributed by atoms with Crippen LogP contribution in [0.2, 0.25) is 0 Å². The molecule has 0 saturated carbocycles. The smallest absolute Gasteiger partial charge is 0.0920 e. The van der Waals surface area contributed by atoms with E-state index < -0.39 is 0 Å². The summed E-state index contributed by atoms with van der Waals surface area (Å²) in [6.07, 6.45) is 4.71. The van der Waals surface area contributed by atoms with Crippen LogP contribution in [0.4, 0.5) is 0 Å². The molecule has 1 aliphatic carbocycles. The summed E-state index contributed by atoms with van der Waals surface area (Å²) in [7, 11) is 1.71. The van der Waals surface area contributed by atoms with Crippen LogP contribution in [0.5, 0.6) is 0 Å². The molecule has 0 heterocycles. The molecule has 0 aliphatic heterocycles. The molecule has 0 fully saturated rings. The lowest BCUT2D eigenvalue weighted by atomic mass is 9.81. The van der Waals surface area contributed by atoms with Crippen molar-refractivity contribution in [2.45, 2.75) is 26.7 Å². The molecule has 2 atom stereocenters. The summed E-state index contributed by atoms with van der Waals surface area (Å²) in [5.41, 5.74) is 1.50. The minimum atomic E-state index is 0.527. The van der Waals surface area contributed by atoms with Crippen LogP contribution < -0.4 is 0 Å². The van der Waals surface area contributed by atoms with Gasteiger partial charge in [-0.05, 0) is 25.7 Å². The van der Waals surface area contributed by atoms with Gasteiger partial charge in [-0.3, -0.25) is 0 Å². The third-order valence-corrected chi connectivity index (χ3v) is 2.71. The lowest BCUT2D eigenvalue weighted by molar-refractivity contribution is 0.213. The molecule has 12 heavy (non-hydrogen) atoms. The molecule has 0 aromatic rings. The van der Waals surface area contributed by atoms with Gasteiger partial charge in [-0.15, -0.1) is 0 Å². The van der Waals surface area contributed by atoms with Crippen molar-refractivity contribution >= 4 is 0 Å². The summed E-state index contributed by atoms with van der Waals surface area (Å²) in [4.78, 5) is 0. The van der Waals surface area contributed by atoms with E-state index in [9.17, 15) is 0 Å². The summed E-state index contributed by atoms with van der Waals surface area (Å²) < 4.78 is 5.17. The number of allylic oxidation sites excluding steroid dienone is 3. The molecule has 0 spiro atoms. The first-order valence-corrected chi connectivity index (χ1v) is 4.55. The molecular formula is C11H18O. The summed E-state index contributed by atoms with van der Waals surface area (Å²) in [6.45, 7) is 8.35. The monoisotopic (exact) mass is 166 g/mol. The molecule has 0 radical (unpaired) electrons. The molecule has 68 valence electrons. The predicted molar refractivity (Wildman–Crippen MR) is 51.8 cm³/mol. The Hall–Kier alpha value is -0.720. The molecule has 0 bridgehead atoms. The van der Waals surface area contributed by atoms with Gasteiger partial charge >= 0.3 is 0 Å². The molecule has 0 aromatic carbocycles. The molecule has 1 heteroatoms. The van der Waals surface area contributed by atoms with Gasteiger partial charge in [-0.1, -0.05) is 25.2 Å². The van der Waals surface area contributed by atoms with Crippen LogP contribution in [0.3, 0.4) is 0 Å². The van der Waals surface area contributed by atoms with E-state index >= 15 is 0 Å². The Kier molecular flexibility index (Phi) is 2.96. The molecule has 1 nitrogen and oxygen atoms in total. The van der Waals surface area contributed by atoms with Crippen LogP contribution in [-0.4, -0.2) is 7.11 Å². The molecule has 0 aromatic heterocycles. The Morgan fingerprint density at radius 1 is 1.67 bits per heavy atom. The van der Waals surface area contributed by atoms with Gasteiger partial charge in [0.15, 0.2) is 0 Å². The van der Waals surface area contributed by atoms with Crippen molar-refractivity contribution < 1.29 is 4.74 Å². The highest BCUT2D eigenvalue weighted by Crippen LogP contribution is 2.32. The normalized spacial score (nSPS) is 29.4. The van der Waals surface area contributed by atoms with Crippen molar-refractivity contribution in [2.24, 2.45) is 11.8 Å². The van der Waals surface area contributed by atoms with Crippen molar-refractivity contribution in [1.82, 2.24) is 0 Å². The van der Waals surface area contributed by atoms with E-state index in [0.29, 0.717) is 11.8 Å². The average molecular weight is 166 g/mol. The van der Waals surface area contributed by atoms with Gasteiger partial charge in [0, 0.05) is 5.92 Å². The summed E-state index contributed by atoms with van der Waals surface area (Å²) in [5.74, 6) is 2.05. The van der Waals surface area contributed by atoms with Crippen LogP contribution in [0.15, 0.2) is 24.0 Å². The molecule has 1 unspecified atom stereocenters. The second-order valence-electron chi connectivity index (χ2n) is 3.69. The molecule has 0 N–H and O–H groups in total. The minimum Gasteiger partial charge on any atom is -0.501 e. The van der Waals surface area contributed by atoms with Gasteiger partial charge in [0.1, 0.15) is 0 Å². The molecule has 1 aliphatic rings. The standard InChI is InChI=1S/C11H18O/c1-8-5-6-11(9(2)7-8)10(3)12-4/h7,9,11H,3,5-6H2,1-2,4H3/t9-,11?/m0/s1. The van der Waals surface area contributed by atoms with Crippen molar-refractivity contribution in [3.8, 4) is 0 Å². The Morgan fingerprint density at radius 2 is 2.33 bits per heavy atom. The van der Waals surface area contributed by atoms with E-state index in [0.717, 1.165) is 5.76 Å². The van der Waals surface area contributed by atoms with Gasteiger partial charge in [-0.2, -0.15) is 0 Å². The van der Waals surface area contributed by atoms with Crippen LogP contribution in [0.25, 0.3) is 0 Å². The molecular weight excluding hydrogens is 148 g/mol. The van der Waals surface area contributed by atoms with E-state index in [4.69, 9.17) is 4.74 Å². The van der Waals surface area contributed by atoms with E-state index in [1.54, 1.807) is 7.11 Å². The van der Waals surface area contributed by atoms with Crippen LogP contribution in [0, 0.1) is 11.8 Å². The van der Waals surface area contributed by atoms with Crippen LogP contribution in [0.1, 0.15) is 26.7 Å². The number of rotatable bonds is 2. The second-order valence-corrected chi connectivity index (χ2v) is 3.69. The molecule has 0 saturated heterocycles. The average Bonchev–Trinajstić information content (AvgIpc) is 2.03. The van der Waals surface area contributed by atoms with E-state index in [2.05, 4.69) is 26.5 Å². The van der Waals surface area contributed by atoms with Gasteiger partial charge in [0.2, 0.25) is 0 Å². The predicted octanol–water partition coefficient (Wildman–Crippen LogP) is 3.14. The SMILES string of the molecule is C=C(OC)C1CCC(C)=C[C@@H]1C. The third-order valence-electron chi connectivity index (χ3n) is 2.71. The zero-order chi connectivity index (χ0) is 9.14. The topological polar surface area (TPSA) is 9.23 Å². The highest BCUT2D eigenvalue weighted by atomic mass is 16.5. The van der Waals surface area contributed by atoms with Gasteiger partial charge < -0.3 is 4.74 Å². The van der Waals surface area contributed by atoms with Crippen molar-refractivity contribution in [2.75, 3.05) is 7.11 Å². The second kappa shape index (κ2) is 3.79. The lowest BCUT2D eigenvalue weighted by Gasteiger charge is -2.27. The molecule has 0 amide bonds. The third kappa shape index (κ3) is 1.90. The zero-order valence-corrected chi connectivity index (χ0v) is 8.26. The molecule has 1 rings (SSSR count). The summed E-state index contributed by atoms with van der Waals surface area (Å²) >= 11 is 0. The number of hydrogen-bond donors (Lipinski definition) is 0. The van der Waals surface area contributed by atoms with E-state index in [1.165, 1.54) is 18.4 Å². The first kappa shape index (κ1) is 9.37. The summed E-state index contributed by atoms with van der Waals surface area (Å²) in [5, 5.41) is 0. The fourth-order valence-corrected chi connectivity index (χ4v) is 1.90. The number of methoxy groups -OCH3 is 1. The van der Waals surface area contributed by atoms with E-state index in [-0.39, 0.29) is 0 Å². The van der Waals surface area contributed by atoms with Crippen molar-refractivity contribution in [3.63, 3.8) is 0 Å².